The summed E-state index contributed by atoms with van der Waals surface area (Å²) in [6.07, 6.45) is 1.16. The summed E-state index contributed by atoms with van der Waals surface area (Å²) >= 11 is 3.60. The van der Waals surface area contributed by atoms with Crippen molar-refractivity contribution in [3.63, 3.8) is 0 Å². The van der Waals surface area contributed by atoms with Gasteiger partial charge in [0.1, 0.15) is 0 Å². The van der Waals surface area contributed by atoms with Crippen LogP contribution in [0.2, 0.25) is 18.6 Å². The molecule has 52 heavy (non-hydrogen) atoms. The highest BCUT2D eigenvalue weighted by Crippen LogP contribution is 2.60. The van der Waals surface area contributed by atoms with Crippen molar-refractivity contribution >= 4 is 53.5 Å². The number of ether oxygens (including phenoxy) is 2. The Morgan fingerprint density at radius 2 is 1.87 bits per heavy atom. The predicted molar refractivity (Wildman–Crippen MR) is 197 cm³/mol. The molecule has 0 bridgehead atoms. The van der Waals surface area contributed by atoms with Crippen LogP contribution in [0.25, 0.3) is 0 Å². The van der Waals surface area contributed by atoms with Gasteiger partial charge in [0.05, 0.1) is 43.0 Å². The standard InChI is InChI=1S/C38H41BrFN5O6Si/c1-23-36(52(3,4)40)33(16-17-43-21-31(41-42-43)29(22-46)26-8-6-5-7-9-26)51-38(23)30-18-27(39)12-15-32(30)44(37(38)49)20-25-10-13-28(14-11-25)45-34(48)19-35(45)50-24(2)47/h5-15,18,21,23,29,33,35-36,46H,16-17,19-20,22H2,1-4H3/t23-,29?,33+,35?,36-,38+/m1/s1. The molecule has 0 aliphatic carbocycles. The number of hydrogen-bond acceptors (Lipinski definition) is 8. The van der Waals surface area contributed by atoms with E-state index in [2.05, 4.69) is 26.2 Å². The molecule has 11 nitrogen and oxygen atoms in total. The molecule has 2 unspecified atom stereocenters. The van der Waals surface area contributed by atoms with Crippen molar-refractivity contribution in [2.24, 2.45) is 5.92 Å². The monoisotopic (exact) mass is 789 g/mol. The van der Waals surface area contributed by atoms with E-state index in [-0.39, 0.29) is 37.3 Å². The number of hydrogen-bond donors (Lipinski definition) is 1. The molecular weight excluding hydrogens is 749 g/mol. The molecule has 1 aromatic heterocycles. The number of benzene rings is 3. The Labute approximate surface area is 311 Å². The molecule has 14 heteroatoms. The molecule has 0 radical (unpaired) electrons. The summed E-state index contributed by atoms with van der Waals surface area (Å²) < 4.78 is 31.0. The first-order chi connectivity index (χ1) is 24.8. The van der Waals surface area contributed by atoms with Crippen LogP contribution >= 0.6 is 15.9 Å². The number of nitrogens with zero attached hydrogens (tertiary/aromatic N) is 5. The minimum atomic E-state index is -3.39. The van der Waals surface area contributed by atoms with E-state index in [9.17, 15) is 19.5 Å². The fourth-order valence-corrected chi connectivity index (χ4v) is 11.2. The van der Waals surface area contributed by atoms with Crippen molar-refractivity contribution in [3.05, 3.63) is 106 Å². The highest BCUT2D eigenvalue weighted by molar-refractivity contribution is 9.10. The largest absolute Gasteiger partial charge is 0.441 e. The number of esters is 1. The second-order valence-electron chi connectivity index (χ2n) is 14.4. The van der Waals surface area contributed by atoms with Crippen LogP contribution in [0.4, 0.5) is 15.5 Å². The lowest BCUT2D eigenvalue weighted by molar-refractivity contribution is -0.154. The molecule has 3 aliphatic heterocycles. The quantitative estimate of drug-likeness (QED) is 0.0824. The molecule has 2 amide bonds. The first-order valence-corrected chi connectivity index (χ1v) is 21.2. The predicted octanol–water partition coefficient (Wildman–Crippen LogP) is 6.20. The van der Waals surface area contributed by atoms with Crippen molar-refractivity contribution in [1.29, 1.82) is 0 Å². The number of β-lactam (4-membered cyclic amide) rings is 1. The van der Waals surface area contributed by atoms with Gasteiger partial charge in [0, 0.05) is 46.8 Å². The lowest BCUT2D eigenvalue weighted by Gasteiger charge is -2.39. The van der Waals surface area contributed by atoms with E-state index in [0.717, 1.165) is 15.6 Å². The second kappa shape index (κ2) is 14.0. The fraction of sp³-hybridized carbons (Fsp3) is 0.395. The minimum Gasteiger partial charge on any atom is -0.441 e. The van der Waals surface area contributed by atoms with Crippen molar-refractivity contribution in [2.75, 3.05) is 16.4 Å². The molecular formula is C38H41BrFN5O6Si. The number of rotatable bonds is 11. The number of carbonyl (C=O) groups is 3. The smallest absolute Gasteiger partial charge is 0.304 e. The highest BCUT2D eigenvalue weighted by atomic mass is 79.9. The molecule has 2 fully saturated rings. The van der Waals surface area contributed by atoms with Crippen molar-refractivity contribution in [1.82, 2.24) is 15.0 Å². The van der Waals surface area contributed by atoms with Crippen LogP contribution in [0.5, 0.6) is 0 Å². The van der Waals surface area contributed by atoms with Gasteiger partial charge in [-0.15, -0.1) is 5.10 Å². The third-order valence-corrected chi connectivity index (χ3v) is 13.6. The van der Waals surface area contributed by atoms with Crippen LogP contribution in [0.3, 0.4) is 0 Å². The zero-order valence-electron chi connectivity index (χ0n) is 29.4. The Hall–Kier alpha value is -4.24. The second-order valence-corrected chi connectivity index (χ2v) is 19.1. The SMILES string of the molecule is CC(=O)OC1CC(=O)N1c1ccc(CN2C(=O)[C@@]3(O[C@@H](CCn4cc(C(CO)c5ccccc5)nn4)[C@H]([Si](C)(C)F)[C@H]3C)c3cc(Br)ccc32)cc1. The van der Waals surface area contributed by atoms with Crippen LogP contribution in [0.1, 0.15) is 55.0 Å². The summed E-state index contributed by atoms with van der Waals surface area (Å²) in [5, 5.41) is 18.8. The van der Waals surface area contributed by atoms with E-state index >= 15 is 4.11 Å². The lowest BCUT2D eigenvalue weighted by atomic mass is 9.82. The summed E-state index contributed by atoms with van der Waals surface area (Å²) in [6.45, 7) is 7.10. The number of aliphatic hydroxyl groups excluding tert-OH is 1. The van der Waals surface area contributed by atoms with Crippen LogP contribution in [-0.2, 0) is 42.5 Å². The van der Waals surface area contributed by atoms with Crippen LogP contribution in [0.15, 0.2) is 83.5 Å². The van der Waals surface area contributed by atoms with Gasteiger partial charge in [0.15, 0.2) is 11.8 Å². The Kier molecular flexibility index (Phi) is 9.70. The number of fused-ring (bicyclic) bond motifs is 2. The molecule has 4 aromatic rings. The zero-order chi connectivity index (χ0) is 36.9. The summed E-state index contributed by atoms with van der Waals surface area (Å²) in [7, 11) is -3.39. The van der Waals surface area contributed by atoms with Gasteiger partial charge in [-0.1, -0.05) is 70.5 Å². The Morgan fingerprint density at radius 1 is 1.13 bits per heavy atom. The van der Waals surface area contributed by atoms with E-state index in [4.69, 9.17) is 9.47 Å². The Balaban J connectivity index is 1.14. The lowest BCUT2D eigenvalue weighted by Crippen LogP contribution is -2.54. The molecule has 272 valence electrons. The minimum absolute atomic E-state index is 0.120. The van der Waals surface area contributed by atoms with Gasteiger partial charge >= 0.3 is 5.97 Å². The van der Waals surface area contributed by atoms with E-state index in [1.54, 1.807) is 34.8 Å². The van der Waals surface area contributed by atoms with Gasteiger partial charge < -0.3 is 23.6 Å². The summed E-state index contributed by atoms with van der Waals surface area (Å²) in [6, 6.07) is 22.5. The average molecular weight is 791 g/mol. The molecule has 3 aliphatic rings. The number of carbonyl (C=O) groups excluding carboxylic acids is 3. The van der Waals surface area contributed by atoms with Gasteiger partial charge in [-0.05, 0) is 61.0 Å². The van der Waals surface area contributed by atoms with E-state index in [0.29, 0.717) is 35.6 Å². The first kappa shape index (κ1) is 36.1. The summed E-state index contributed by atoms with van der Waals surface area (Å²) in [5.74, 6) is -1.63. The van der Waals surface area contributed by atoms with E-state index in [1.165, 1.54) is 11.8 Å². The molecule has 1 spiro atoms. The molecule has 7 rings (SSSR count). The summed E-state index contributed by atoms with van der Waals surface area (Å²) in [4.78, 5) is 41.8. The molecule has 0 saturated carbocycles. The third kappa shape index (κ3) is 6.39. The molecule has 2 saturated heterocycles. The normalized spacial score (nSPS) is 24.7. The maximum absolute atomic E-state index is 16.4. The van der Waals surface area contributed by atoms with Gasteiger partial charge in [-0.25, -0.2) is 0 Å². The molecule has 1 N–H and O–H groups in total. The number of halogens is 2. The van der Waals surface area contributed by atoms with Crippen LogP contribution < -0.4 is 9.80 Å². The van der Waals surface area contributed by atoms with Gasteiger partial charge in [0.2, 0.25) is 14.3 Å². The Morgan fingerprint density at radius 3 is 2.52 bits per heavy atom. The number of aliphatic hydroxyl groups is 1. The Bertz CT molecular complexity index is 1990. The number of anilines is 2. The first-order valence-electron chi connectivity index (χ1n) is 17.4. The maximum atomic E-state index is 16.4. The van der Waals surface area contributed by atoms with E-state index in [1.807, 2.05) is 73.8 Å². The number of aromatic nitrogens is 3. The molecule has 4 heterocycles. The van der Waals surface area contributed by atoms with Crippen LogP contribution in [0, 0.1) is 5.92 Å². The number of amides is 2. The highest BCUT2D eigenvalue weighted by Gasteiger charge is 2.66. The third-order valence-electron chi connectivity index (χ3n) is 10.6. The van der Waals surface area contributed by atoms with Crippen molar-refractivity contribution in [2.45, 2.75) is 82.3 Å². The van der Waals surface area contributed by atoms with Crippen molar-refractivity contribution in [3.8, 4) is 0 Å². The van der Waals surface area contributed by atoms with Crippen molar-refractivity contribution < 1.29 is 33.1 Å². The average Bonchev–Trinajstić information content (AvgIpc) is 3.75. The van der Waals surface area contributed by atoms with E-state index < -0.39 is 43.8 Å². The van der Waals surface area contributed by atoms with Crippen LogP contribution in [-0.4, -0.2) is 65.2 Å². The summed E-state index contributed by atoms with van der Waals surface area (Å²) in [5.41, 5.74) is 2.50. The van der Waals surface area contributed by atoms with Gasteiger partial charge in [0.25, 0.3) is 5.91 Å². The number of aryl methyl sites for hydroxylation is 1. The van der Waals surface area contributed by atoms with Gasteiger partial charge in [-0.3, -0.25) is 24.0 Å². The molecule has 3 aromatic carbocycles. The van der Waals surface area contributed by atoms with Gasteiger partial charge in [-0.2, -0.15) is 0 Å². The topological polar surface area (TPSA) is 127 Å². The molecule has 6 atom stereocenters. The fourth-order valence-electron chi connectivity index (χ4n) is 8.27. The zero-order valence-corrected chi connectivity index (χ0v) is 32.0. The maximum Gasteiger partial charge on any atom is 0.304 e.